The first-order chi connectivity index (χ1) is 18.3. The van der Waals surface area contributed by atoms with Gasteiger partial charge in [-0.3, -0.25) is 4.98 Å². The molecule has 3 heterocycles. The van der Waals surface area contributed by atoms with Crippen LogP contribution in [0.3, 0.4) is 0 Å². The first-order valence-electron chi connectivity index (χ1n) is 12.7. The average Bonchev–Trinajstić information content (AvgIpc) is 3.37. The molecule has 0 bridgehead atoms. The van der Waals surface area contributed by atoms with Gasteiger partial charge in [-0.1, -0.05) is 91.0 Å². The van der Waals surface area contributed by atoms with Gasteiger partial charge in [-0.25, -0.2) is 4.98 Å². The largest absolute Gasteiger partial charge is 0.256 e. The second-order valence-electron chi connectivity index (χ2n) is 9.78. The number of rotatable bonds is 2. The van der Waals surface area contributed by atoms with E-state index in [9.17, 15) is 0 Å². The van der Waals surface area contributed by atoms with Crippen molar-refractivity contribution in [3.63, 3.8) is 0 Å². The predicted octanol–water partition coefficient (Wildman–Crippen LogP) is 9.17. The van der Waals surface area contributed by atoms with Crippen LogP contribution in [0.4, 0.5) is 0 Å². The molecule has 1 aliphatic rings. The van der Waals surface area contributed by atoms with Crippen LogP contribution in [0.25, 0.3) is 59.3 Å². The van der Waals surface area contributed by atoms with Gasteiger partial charge >= 0.3 is 0 Å². The normalized spacial score (nSPS) is 15.1. The van der Waals surface area contributed by atoms with Crippen molar-refractivity contribution in [3.05, 3.63) is 126 Å². The van der Waals surface area contributed by atoms with Crippen LogP contribution in [0.5, 0.6) is 0 Å². The van der Waals surface area contributed by atoms with E-state index in [1.54, 1.807) is 0 Å². The van der Waals surface area contributed by atoms with E-state index in [4.69, 9.17) is 9.97 Å². The monoisotopic (exact) mass is 490 g/mol. The molecule has 0 fully saturated rings. The highest BCUT2D eigenvalue weighted by Gasteiger charge is 2.20. The van der Waals surface area contributed by atoms with Gasteiger partial charge in [-0.2, -0.15) is 0 Å². The Hall–Kier alpha value is -4.34. The fourth-order valence-corrected chi connectivity index (χ4v) is 7.07. The Morgan fingerprint density at radius 1 is 0.757 bits per heavy atom. The molecule has 8 rings (SSSR count). The van der Waals surface area contributed by atoms with Gasteiger partial charge in [-0.15, -0.1) is 11.3 Å². The van der Waals surface area contributed by atoms with Crippen LogP contribution in [-0.4, -0.2) is 9.97 Å². The molecule has 3 heteroatoms. The van der Waals surface area contributed by atoms with Crippen molar-refractivity contribution in [2.75, 3.05) is 0 Å². The van der Waals surface area contributed by atoms with Crippen molar-refractivity contribution in [1.29, 1.82) is 0 Å². The third-order valence-corrected chi connectivity index (χ3v) is 8.88. The Morgan fingerprint density at radius 2 is 1.59 bits per heavy atom. The van der Waals surface area contributed by atoms with Crippen molar-refractivity contribution in [2.45, 2.75) is 12.3 Å². The number of allylic oxidation sites excluding steroid dienone is 1. The number of para-hydroxylation sites is 1. The third kappa shape index (κ3) is 3.24. The fourth-order valence-electron chi connectivity index (χ4n) is 5.84. The molecule has 37 heavy (non-hydrogen) atoms. The highest BCUT2D eigenvalue weighted by Crippen LogP contribution is 2.43. The van der Waals surface area contributed by atoms with Crippen molar-refractivity contribution < 1.29 is 0 Å². The van der Waals surface area contributed by atoms with E-state index < -0.39 is 0 Å². The second kappa shape index (κ2) is 8.09. The Bertz CT molecular complexity index is 2010. The van der Waals surface area contributed by atoms with Crippen molar-refractivity contribution in [1.82, 2.24) is 9.97 Å². The topological polar surface area (TPSA) is 25.8 Å². The lowest BCUT2D eigenvalue weighted by Gasteiger charge is -2.21. The van der Waals surface area contributed by atoms with Crippen molar-refractivity contribution >= 4 is 59.4 Å². The summed E-state index contributed by atoms with van der Waals surface area (Å²) in [5.41, 5.74) is 8.35. The van der Waals surface area contributed by atoms with Crippen LogP contribution in [-0.2, 0) is 6.42 Å². The lowest BCUT2D eigenvalue weighted by Crippen LogP contribution is -2.07. The van der Waals surface area contributed by atoms with Crippen LogP contribution in [0.15, 0.2) is 109 Å². The molecule has 0 saturated heterocycles. The first kappa shape index (κ1) is 20.8. The molecule has 0 saturated carbocycles. The lowest BCUT2D eigenvalue weighted by atomic mass is 9.83. The molecule has 7 aromatic rings. The molecule has 1 aliphatic carbocycles. The van der Waals surface area contributed by atoms with E-state index >= 15 is 0 Å². The Balaban J connectivity index is 1.24. The van der Waals surface area contributed by atoms with Gasteiger partial charge in [0.15, 0.2) is 0 Å². The standard InChI is InChI=1S/C34H22N2S/c1-3-9-29-26(7-1)34-31(27-8-2-4-10-30(27)37-34)33(36-29)24-15-11-21(12-16-24)25-18-14-22-13-17-23-6-5-19-35-32(23)28(22)20-25/h1-19,25H,20H2. The molecular weight excluding hydrogens is 468 g/mol. The number of aromatic nitrogens is 2. The summed E-state index contributed by atoms with van der Waals surface area (Å²) >= 11 is 1.87. The molecule has 1 unspecified atom stereocenters. The van der Waals surface area contributed by atoms with E-state index in [-0.39, 0.29) is 0 Å². The van der Waals surface area contributed by atoms with Crippen LogP contribution in [0.2, 0.25) is 0 Å². The minimum Gasteiger partial charge on any atom is -0.256 e. The average molecular weight is 491 g/mol. The first-order valence-corrected chi connectivity index (χ1v) is 13.5. The summed E-state index contributed by atoms with van der Waals surface area (Å²) in [7, 11) is 0. The molecule has 0 spiro atoms. The van der Waals surface area contributed by atoms with Crippen LogP contribution < -0.4 is 0 Å². The minimum absolute atomic E-state index is 0.334. The van der Waals surface area contributed by atoms with Gasteiger partial charge in [0.05, 0.1) is 16.7 Å². The van der Waals surface area contributed by atoms with Gasteiger partial charge in [0.2, 0.25) is 0 Å². The molecule has 2 nitrogen and oxygen atoms in total. The fraction of sp³-hybridized carbons (Fsp3) is 0.0588. The van der Waals surface area contributed by atoms with E-state index in [0.29, 0.717) is 5.92 Å². The number of nitrogens with zero attached hydrogens (tertiary/aromatic N) is 2. The summed E-state index contributed by atoms with van der Waals surface area (Å²) in [6, 6.07) is 34.8. The third-order valence-electron chi connectivity index (χ3n) is 7.67. The summed E-state index contributed by atoms with van der Waals surface area (Å²) in [4.78, 5) is 9.90. The predicted molar refractivity (Wildman–Crippen MR) is 157 cm³/mol. The van der Waals surface area contributed by atoms with Crippen LogP contribution in [0, 0.1) is 0 Å². The number of thiophene rings is 1. The summed E-state index contributed by atoms with van der Waals surface area (Å²) in [6.07, 6.45) is 7.46. The maximum absolute atomic E-state index is 5.19. The number of hydrogen-bond donors (Lipinski definition) is 0. The zero-order valence-electron chi connectivity index (χ0n) is 20.1. The molecule has 4 aromatic carbocycles. The molecule has 0 N–H and O–H groups in total. The maximum Gasteiger partial charge on any atom is 0.0802 e. The molecule has 0 amide bonds. The van der Waals surface area contributed by atoms with Crippen molar-refractivity contribution in [2.24, 2.45) is 0 Å². The quantitative estimate of drug-likeness (QED) is 0.241. The zero-order valence-corrected chi connectivity index (χ0v) is 20.9. The number of pyridine rings is 2. The van der Waals surface area contributed by atoms with Gasteiger partial charge < -0.3 is 0 Å². The molecule has 0 aliphatic heterocycles. The Labute approximate surface area is 218 Å². The van der Waals surface area contributed by atoms with Crippen LogP contribution in [0.1, 0.15) is 22.6 Å². The highest BCUT2D eigenvalue weighted by molar-refractivity contribution is 7.26. The van der Waals surface area contributed by atoms with Gasteiger partial charge in [-0.05, 0) is 41.3 Å². The summed E-state index contributed by atoms with van der Waals surface area (Å²) in [6.45, 7) is 0. The molecule has 1 atom stereocenters. The van der Waals surface area contributed by atoms with E-state index in [1.807, 2.05) is 23.6 Å². The maximum atomic E-state index is 5.19. The number of hydrogen-bond acceptors (Lipinski definition) is 3. The number of benzene rings is 4. The van der Waals surface area contributed by atoms with E-state index in [1.165, 1.54) is 47.6 Å². The SMILES string of the molecule is C1=CC(c2ccc(-c3nc4ccccc4c4sc5ccccc5c34)cc2)Cc2c1ccc1cccnc21. The molecule has 3 aromatic heterocycles. The Morgan fingerprint density at radius 3 is 2.51 bits per heavy atom. The highest BCUT2D eigenvalue weighted by atomic mass is 32.1. The zero-order chi connectivity index (χ0) is 24.3. The smallest absolute Gasteiger partial charge is 0.0802 e. The van der Waals surface area contributed by atoms with Gasteiger partial charge in [0.1, 0.15) is 0 Å². The Kier molecular flexibility index (Phi) is 4.55. The summed E-state index contributed by atoms with van der Waals surface area (Å²) < 4.78 is 2.62. The van der Waals surface area contributed by atoms with Crippen molar-refractivity contribution in [3.8, 4) is 11.3 Å². The van der Waals surface area contributed by atoms with Gasteiger partial charge in [0, 0.05) is 48.6 Å². The van der Waals surface area contributed by atoms with E-state index in [0.717, 1.165) is 28.7 Å². The van der Waals surface area contributed by atoms with E-state index in [2.05, 4.69) is 103 Å². The van der Waals surface area contributed by atoms with Gasteiger partial charge in [0.25, 0.3) is 0 Å². The minimum atomic E-state index is 0.334. The molecule has 0 radical (unpaired) electrons. The van der Waals surface area contributed by atoms with Crippen LogP contribution >= 0.6 is 11.3 Å². The summed E-state index contributed by atoms with van der Waals surface area (Å²) in [5, 5.41) is 4.98. The lowest BCUT2D eigenvalue weighted by molar-refractivity contribution is 0.831. The second-order valence-corrected chi connectivity index (χ2v) is 10.8. The molecule has 174 valence electrons. The molecular formula is C34H22N2S. The number of fused-ring (bicyclic) bond motifs is 8. The summed E-state index contributed by atoms with van der Waals surface area (Å²) in [5.74, 6) is 0.334.